The van der Waals surface area contributed by atoms with Crippen molar-refractivity contribution in [2.75, 3.05) is 6.61 Å². The monoisotopic (exact) mass is 656 g/mol. The van der Waals surface area contributed by atoms with Gasteiger partial charge in [-0.1, -0.05) is 86.3 Å². The summed E-state index contributed by atoms with van der Waals surface area (Å²) in [5.74, 6) is -2.50. The number of aromatic carboxylic acids is 1. The Morgan fingerprint density at radius 1 is 1.09 bits per heavy atom. The number of unbranched alkanes of at least 4 members (excludes halogenated alkanes) is 3. The van der Waals surface area contributed by atoms with E-state index >= 15 is 0 Å². The Morgan fingerprint density at radius 2 is 1.85 bits per heavy atom. The molecule has 0 bridgehead atoms. The van der Waals surface area contributed by atoms with Gasteiger partial charge in [-0.3, -0.25) is 9.59 Å². The number of hydrogen-bond donors (Lipinski definition) is 3. The average Bonchev–Trinajstić information content (AvgIpc) is 3.05. The van der Waals surface area contributed by atoms with Gasteiger partial charge in [-0.15, -0.1) is 0 Å². The van der Waals surface area contributed by atoms with Crippen LogP contribution in [0.5, 0.6) is 11.5 Å². The molecule has 0 amide bonds. The van der Waals surface area contributed by atoms with Gasteiger partial charge in [-0.05, 0) is 62.8 Å². The molecule has 1 aliphatic rings. The van der Waals surface area contributed by atoms with E-state index in [0.717, 1.165) is 32.1 Å². The van der Waals surface area contributed by atoms with E-state index < -0.39 is 29.2 Å². The molecule has 0 radical (unpaired) electrons. The number of rotatable bonds is 16. The number of hydrogen-bond acceptors (Lipinski definition) is 8. The zero-order valence-electron chi connectivity index (χ0n) is 26.6. The highest BCUT2D eigenvalue weighted by Gasteiger charge is 2.30. The van der Waals surface area contributed by atoms with E-state index in [1.54, 1.807) is 60.7 Å². The molecule has 0 unspecified atom stereocenters. The number of benzene rings is 2. The standard InChI is InChI=1S/C38H40O8S/c1-3-14-28-31(21-20-27(24(2)39)35(28)41)45-22-13-8-6-4-5-7-12-17-30(34(40)25-15-10-9-11-16-25)33-36(42)29-19-18-26(47)23-32(29)46-37(33)38(43)44/h5,7,9-12,15-17,19-21,23,30,34,40-41H,3-4,6,8,13-14,18,22H2,1-2H3,(H,43,44)/b7-5-,17-12+/t30-,34-/m0/s1. The molecule has 0 saturated carbocycles. The lowest BCUT2D eigenvalue weighted by Crippen LogP contribution is -2.45. The van der Waals surface area contributed by atoms with Crippen LogP contribution in [0.15, 0.2) is 76.0 Å². The molecule has 0 spiro atoms. The summed E-state index contributed by atoms with van der Waals surface area (Å²) in [5.41, 5.74) is 0.977. The average molecular weight is 657 g/mol. The number of allylic oxidation sites excluding steroid dienone is 3. The van der Waals surface area contributed by atoms with Crippen molar-refractivity contribution in [3.63, 3.8) is 0 Å². The number of fused-ring (bicyclic) bond motifs is 1. The molecule has 0 saturated heterocycles. The maximum Gasteiger partial charge on any atom is 0.372 e. The number of aliphatic hydroxyl groups excluding tert-OH is 1. The number of carboxylic acid groups (broad SMARTS) is 1. The Kier molecular flexibility index (Phi) is 12.6. The number of carbonyl (C=O) groups excluding carboxylic acids is 1. The molecule has 4 rings (SSSR count). The summed E-state index contributed by atoms with van der Waals surface area (Å²) in [4.78, 5) is 38.3. The van der Waals surface area contributed by atoms with Crippen LogP contribution in [0.25, 0.3) is 12.2 Å². The van der Waals surface area contributed by atoms with E-state index in [2.05, 4.69) is 0 Å². The SMILES string of the molecule is CCCc1c(OCCCCC/C=C\C=C\[C@@H](c2c(C(=O)O)oc3c(c2=O)=CCC(=S)C=3)[C@@H](O)c2ccccc2)ccc(C(C)=O)c1O. The van der Waals surface area contributed by atoms with Crippen molar-refractivity contribution in [1.29, 1.82) is 0 Å². The topological polar surface area (TPSA) is 134 Å². The molecule has 0 fully saturated rings. The van der Waals surface area contributed by atoms with Crippen LogP contribution in [0.2, 0.25) is 0 Å². The second-order valence-electron chi connectivity index (χ2n) is 11.4. The van der Waals surface area contributed by atoms with Crippen LogP contribution in [0.4, 0.5) is 0 Å². The van der Waals surface area contributed by atoms with Gasteiger partial charge in [0, 0.05) is 22.8 Å². The smallest absolute Gasteiger partial charge is 0.372 e. The number of aliphatic hydroxyl groups is 1. The van der Waals surface area contributed by atoms with Crippen LogP contribution in [0, 0.1) is 0 Å². The first kappa shape index (κ1) is 35.3. The Balaban J connectivity index is 1.42. The third kappa shape index (κ3) is 8.81. The predicted octanol–water partition coefficient (Wildman–Crippen LogP) is 6.10. The summed E-state index contributed by atoms with van der Waals surface area (Å²) in [5, 5.41) is 32.1. The number of ketones is 1. The molecule has 1 aromatic heterocycles. The van der Waals surface area contributed by atoms with Crippen LogP contribution in [0.1, 0.15) is 102 Å². The Morgan fingerprint density at radius 3 is 2.55 bits per heavy atom. The van der Waals surface area contributed by atoms with Crippen molar-refractivity contribution in [3.8, 4) is 11.5 Å². The fourth-order valence-corrected chi connectivity index (χ4v) is 5.77. The van der Waals surface area contributed by atoms with Crippen LogP contribution in [-0.4, -0.2) is 38.5 Å². The van der Waals surface area contributed by atoms with E-state index in [0.29, 0.717) is 46.8 Å². The quantitative estimate of drug-likeness (QED) is 0.0724. The molecule has 2 atom stereocenters. The summed E-state index contributed by atoms with van der Waals surface area (Å²) >= 11 is 5.22. The molecule has 2 aromatic carbocycles. The molecule has 47 heavy (non-hydrogen) atoms. The number of aromatic hydroxyl groups is 1. The highest BCUT2D eigenvalue weighted by molar-refractivity contribution is 7.81. The molecule has 9 heteroatoms. The molecule has 0 aliphatic heterocycles. The number of ether oxygens (including phenoxy) is 1. The van der Waals surface area contributed by atoms with Crippen molar-refractivity contribution < 1.29 is 34.1 Å². The number of thiocarbonyl (C=S) groups is 1. The predicted molar refractivity (Wildman–Crippen MR) is 186 cm³/mol. The summed E-state index contributed by atoms with van der Waals surface area (Å²) in [6, 6.07) is 12.1. The van der Waals surface area contributed by atoms with Gasteiger partial charge in [-0.25, -0.2) is 4.79 Å². The molecule has 1 heterocycles. The van der Waals surface area contributed by atoms with Crippen molar-refractivity contribution in [2.45, 2.75) is 70.8 Å². The van der Waals surface area contributed by atoms with Crippen LogP contribution in [-0.2, 0) is 6.42 Å². The molecule has 8 nitrogen and oxygen atoms in total. The van der Waals surface area contributed by atoms with Gasteiger partial charge in [0.25, 0.3) is 0 Å². The van der Waals surface area contributed by atoms with Gasteiger partial charge in [0.1, 0.15) is 16.9 Å². The zero-order chi connectivity index (χ0) is 33.9. The van der Waals surface area contributed by atoms with Crippen molar-refractivity contribution in [1.82, 2.24) is 0 Å². The lowest BCUT2D eigenvalue weighted by atomic mass is 9.87. The summed E-state index contributed by atoms with van der Waals surface area (Å²) < 4.78 is 11.6. The van der Waals surface area contributed by atoms with Gasteiger partial charge in [-0.2, -0.15) is 0 Å². The number of carboxylic acids is 1. The highest BCUT2D eigenvalue weighted by atomic mass is 32.1. The molecule has 3 N–H and O–H groups in total. The third-order valence-corrected chi connectivity index (χ3v) is 8.26. The van der Waals surface area contributed by atoms with Gasteiger partial charge in [0.15, 0.2) is 11.2 Å². The summed E-state index contributed by atoms with van der Waals surface area (Å²) in [6.07, 6.45) is 14.2. The molecule has 1 aliphatic carbocycles. The Labute approximate surface area is 279 Å². The van der Waals surface area contributed by atoms with Crippen molar-refractivity contribution in [2.24, 2.45) is 0 Å². The van der Waals surface area contributed by atoms with Gasteiger partial charge >= 0.3 is 5.97 Å². The third-order valence-electron chi connectivity index (χ3n) is 7.98. The van der Waals surface area contributed by atoms with E-state index in [4.69, 9.17) is 21.4 Å². The number of Topliss-reactive ketones (excluding diaryl/α,β-unsaturated/α-hetero) is 1. The number of carbonyl (C=O) groups is 2. The molecule has 246 valence electrons. The van der Waals surface area contributed by atoms with Crippen molar-refractivity contribution >= 4 is 41.0 Å². The van der Waals surface area contributed by atoms with Gasteiger partial charge in [0.2, 0.25) is 5.76 Å². The lowest BCUT2D eigenvalue weighted by Gasteiger charge is -2.21. The lowest BCUT2D eigenvalue weighted by molar-refractivity contribution is 0.0650. The largest absolute Gasteiger partial charge is 0.507 e. The zero-order valence-corrected chi connectivity index (χ0v) is 27.4. The van der Waals surface area contributed by atoms with Crippen molar-refractivity contribution in [3.05, 3.63) is 116 Å². The van der Waals surface area contributed by atoms with Gasteiger partial charge < -0.3 is 24.5 Å². The minimum Gasteiger partial charge on any atom is -0.507 e. The number of phenolic OH excluding ortho intramolecular Hbond substituents is 1. The van der Waals surface area contributed by atoms with E-state index in [1.165, 1.54) is 13.0 Å². The molecular formula is C38H40O8S. The first-order valence-corrected chi connectivity index (χ1v) is 16.2. The number of phenols is 1. The van der Waals surface area contributed by atoms with Crippen LogP contribution < -0.4 is 20.8 Å². The minimum atomic E-state index is -1.41. The Hall–Kier alpha value is -4.60. The van der Waals surface area contributed by atoms with E-state index in [-0.39, 0.29) is 27.7 Å². The first-order valence-electron chi connectivity index (χ1n) is 15.8. The Bertz CT molecular complexity index is 1850. The molecule has 3 aromatic rings. The fraction of sp³-hybridized carbons (Fsp3) is 0.316. The molecular weight excluding hydrogens is 616 g/mol. The first-order chi connectivity index (χ1) is 22.6. The van der Waals surface area contributed by atoms with Crippen LogP contribution in [0.3, 0.4) is 0 Å². The highest BCUT2D eigenvalue weighted by Crippen LogP contribution is 2.34. The van der Waals surface area contributed by atoms with E-state index in [9.17, 15) is 29.7 Å². The maximum atomic E-state index is 13.7. The van der Waals surface area contributed by atoms with Gasteiger partial charge in [0.05, 0.1) is 29.1 Å². The summed E-state index contributed by atoms with van der Waals surface area (Å²) in [6.45, 7) is 3.91. The maximum absolute atomic E-state index is 13.7. The fourth-order valence-electron chi connectivity index (χ4n) is 5.58. The normalized spacial score (nSPS) is 14.0. The second-order valence-corrected chi connectivity index (χ2v) is 11.9. The second kappa shape index (κ2) is 16.8. The minimum absolute atomic E-state index is 0.00161. The summed E-state index contributed by atoms with van der Waals surface area (Å²) in [7, 11) is 0. The van der Waals surface area contributed by atoms with E-state index in [1.807, 2.05) is 19.1 Å². The van der Waals surface area contributed by atoms with Crippen LogP contribution >= 0.6 is 12.2 Å².